The van der Waals surface area contributed by atoms with E-state index in [0.29, 0.717) is 23.6 Å². The van der Waals surface area contributed by atoms with Crippen LogP contribution in [0.3, 0.4) is 0 Å². The molecule has 0 saturated heterocycles. The van der Waals surface area contributed by atoms with Crippen molar-refractivity contribution in [2.24, 2.45) is 5.92 Å². The third kappa shape index (κ3) is 5.19. The second-order valence-electron chi connectivity index (χ2n) is 7.14. The summed E-state index contributed by atoms with van der Waals surface area (Å²) in [4.78, 5) is 24.6. The van der Waals surface area contributed by atoms with Gasteiger partial charge in [-0.2, -0.15) is 0 Å². The summed E-state index contributed by atoms with van der Waals surface area (Å²) in [7, 11) is 0. The van der Waals surface area contributed by atoms with E-state index >= 15 is 0 Å². The average Bonchev–Trinajstić information content (AvgIpc) is 3.14. The molecule has 1 aliphatic rings. The molecule has 0 aliphatic heterocycles. The van der Waals surface area contributed by atoms with Crippen LogP contribution in [0, 0.1) is 12.8 Å². The van der Waals surface area contributed by atoms with Crippen molar-refractivity contribution in [1.29, 1.82) is 0 Å². The fourth-order valence-electron chi connectivity index (χ4n) is 3.52. The molecule has 136 valence electrons. The zero-order chi connectivity index (χ0) is 18.4. The fourth-order valence-corrected chi connectivity index (χ4v) is 3.52. The Morgan fingerprint density at radius 2 is 1.65 bits per heavy atom. The zero-order valence-electron chi connectivity index (χ0n) is 15.3. The standard InChI is InChI=1S/C22H26N2O2/c1-16-6-4-10-19(14-16)24-22(26)18-9-5-11-20(15-18)23-21(25)13-12-17-7-2-3-8-17/h4-6,9-11,14-15,17H,2-3,7-8,12-13H2,1H3,(H,23,25)(H,24,26). The van der Waals surface area contributed by atoms with Gasteiger partial charge in [-0.1, -0.05) is 43.9 Å². The number of benzene rings is 2. The van der Waals surface area contributed by atoms with Crippen LogP contribution in [-0.2, 0) is 4.79 Å². The molecule has 0 heterocycles. The molecule has 2 amide bonds. The predicted molar refractivity (Wildman–Crippen MR) is 105 cm³/mol. The van der Waals surface area contributed by atoms with Gasteiger partial charge in [-0.15, -0.1) is 0 Å². The van der Waals surface area contributed by atoms with E-state index in [1.807, 2.05) is 37.3 Å². The van der Waals surface area contributed by atoms with Crippen molar-refractivity contribution >= 4 is 23.2 Å². The van der Waals surface area contributed by atoms with Crippen LogP contribution >= 0.6 is 0 Å². The van der Waals surface area contributed by atoms with E-state index in [1.54, 1.807) is 18.2 Å². The summed E-state index contributed by atoms with van der Waals surface area (Å²) in [6.07, 6.45) is 6.60. The molecule has 4 heteroatoms. The minimum Gasteiger partial charge on any atom is -0.326 e. The Kier molecular flexibility index (Phi) is 6.05. The summed E-state index contributed by atoms with van der Waals surface area (Å²) in [6, 6.07) is 14.8. The van der Waals surface area contributed by atoms with Crippen molar-refractivity contribution in [2.75, 3.05) is 10.6 Å². The summed E-state index contributed by atoms with van der Waals surface area (Å²) in [5, 5.41) is 5.81. The number of carbonyl (C=O) groups excluding carboxylic acids is 2. The van der Waals surface area contributed by atoms with Crippen LogP contribution in [0.5, 0.6) is 0 Å². The van der Waals surface area contributed by atoms with Gasteiger partial charge in [-0.25, -0.2) is 0 Å². The van der Waals surface area contributed by atoms with Crippen LogP contribution in [0.15, 0.2) is 48.5 Å². The molecule has 0 radical (unpaired) electrons. The van der Waals surface area contributed by atoms with Crippen LogP contribution in [0.4, 0.5) is 11.4 Å². The number of amides is 2. The highest BCUT2D eigenvalue weighted by molar-refractivity contribution is 6.05. The fraction of sp³-hybridized carbons (Fsp3) is 0.364. The molecule has 1 saturated carbocycles. The lowest BCUT2D eigenvalue weighted by molar-refractivity contribution is -0.116. The summed E-state index contributed by atoms with van der Waals surface area (Å²) in [5.74, 6) is 0.540. The Labute approximate surface area is 155 Å². The van der Waals surface area contributed by atoms with E-state index in [-0.39, 0.29) is 11.8 Å². The van der Waals surface area contributed by atoms with Crippen molar-refractivity contribution in [2.45, 2.75) is 45.4 Å². The van der Waals surface area contributed by atoms with Crippen molar-refractivity contribution < 1.29 is 9.59 Å². The first-order valence-corrected chi connectivity index (χ1v) is 9.38. The van der Waals surface area contributed by atoms with Crippen LogP contribution in [0.1, 0.15) is 54.4 Å². The van der Waals surface area contributed by atoms with Gasteiger partial charge in [0, 0.05) is 23.4 Å². The molecule has 26 heavy (non-hydrogen) atoms. The molecule has 0 aromatic heterocycles. The molecule has 0 unspecified atom stereocenters. The first-order valence-electron chi connectivity index (χ1n) is 9.38. The van der Waals surface area contributed by atoms with E-state index in [4.69, 9.17) is 0 Å². The maximum Gasteiger partial charge on any atom is 0.255 e. The lowest BCUT2D eigenvalue weighted by Gasteiger charge is -2.10. The second kappa shape index (κ2) is 8.65. The Hall–Kier alpha value is -2.62. The van der Waals surface area contributed by atoms with Crippen LogP contribution in [-0.4, -0.2) is 11.8 Å². The minimum absolute atomic E-state index is 0.0214. The Morgan fingerprint density at radius 1 is 0.962 bits per heavy atom. The Balaban J connectivity index is 1.56. The highest BCUT2D eigenvalue weighted by Gasteiger charge is 2.16. The van der Waals surface area contributed by atoms with Crippen LogP contribution < -0.4 is 10.6 Å². The maximum absolute atomic E-state index is 12.4. The summed E-state index contributed by atoms with van der Waals surface area (Å²) < 4.78 is 0. The number of aryl methyl sites for hydroxylation is 1. The number of hydrogen-bond acceptors (Lipinski definition) is 2. The molecule has 4 nitrogen and oxygen atoms in total. The largest absolute Gasteiger partial charge is 0.326 e. The number of hydrogen-bond donors (Lipinski definition) is 2. The van der Waals surface area contributed by atoms with Gasteiger partial charge in [0.05, 0.1) is 0 Å². The molecule has 0 bridgehead atoms. The van der Waals surface area contributed by atoms with E-state index < -0.39 is 0 Å². The molecular weight excluding hydrogens is 324 g/mol. The third-order valence-electron chi connectivity index (χ3n) is 4.94. The molecule has 0 spiro atoms. The van der Waals surface area contributed by atoms with Gasteiger partial charge in [0.2, 0.25) is 5.91 Å². The molecule has 2 N–H and O–H groups in total. The molecule has 3 rings (SSSR count). The molecule has 2 aromatic rings. The normalized spacial score (nSPS) is 14.2. The van der Waals surface area contributed by atoms with Gasteiger partial charge >= 0.3 is 0 Å². The lowest BCUT2D eigenvalue weighted by Crippen LogP contribution is -2.15. The van der Waals surface area contributed by atoms with Crippen molar-refractivity contribution in [3.8, 4) is 0 Å². The van der Waals surface area contributed by atoms with Crippen LogP contribution in [0.25, 0.3) is 0 Å². The minimum atomic E-state index is -0.183. The second-order valence-corrected chi connectivity index (χ2v) is 7.14. The van der Waals surface area contributed by atoms with E-state index in [2.05, 4.69) is 10.6 Å². The van der Waals surface area contributed by atoms with E-state index in [0.717, 1.165) is 17.7 Å². The third-order valence-corrected chi connectivity index (χ3v) is 4.94. The number of rotatable bonds is 6. The van der Waals surface area contributed by atoms with Gasteiger partial charge in [0.1, 0.15) is 0 Å². The summed E-state index contributed by atoms with van der Waals surface area (Å²) >= 11 is 0. The van der Waals surface area contributed by atoms with Gasteiger partial charge in [-0.05, 0) is 55.2 Å². The molecule has 1 aliphatic carbocycles. The lowest BCUT2D eigenvalue weighted by atomic mass is 10.0. The highest BCUT2D eigenvalue weighted by atomic mass is 16.2. The van der Waals surface area contributed by atoms with Crippen molar-refractivity contribution in [3.63, 3.8) is 0 Å². The number of carbonyl (C=O) groups is 2. The monoisotopic (exact) mass is 350 g/mol. The first-order chi connectivity index (χ1) is 12.6. The van der Waals surface area contributed by atoms with Gasteiger partial charge in [0.15, 0.2) is 0 Å². The molecular formula is C22H26N2O2. The molecule has 0 atom stereocenters. The quantitative estimate of drug-likeness (QED) is 0.756. The van der Waals surface area contributed by atoms with Gasteiger partial charge in [-0.3, -0.25) is 9.59 Å². The SMILES string of the molecule is Cc1cccc(NC(=O)c2cccc(NC(=O)CCC3CCCC3)c2)c1. The Morgan fingerprint density at radius 3 is 2.38 bits per heavy atom. The molecule has 1 fully saturated rings. The number of anilines is 2. The zero-order valence-corrected chi connectivity index (χ0v) is 15.3. The average molecular weight is 350 g/mol. The summed E-state index contributed by atoms with van der Waals surface area (Å²) in [5.41, 5.74) is 3.05. The predicted octanol–water partition coefficient (Wildman–Crippen LogP) is 5.16. The maximum atomic E-state index is 12.4. The van der Waals surface area contributed by atoms with Crippen molar-refractivity contribution in [1.82, 2.24) is 0 Å². The van der Waals surface area contributed by atoms with E-state index in [9.17, 15) is 9.59 Å². The van der Waals surface area contributed by atoms with Crippen LogP contribution in [0.2, 0.25) is 0 Å². The van der Waals surface area contributed by atoms with Crippen molar-refractivity contribution in [3.05, 3.63) is 59.7 Å². The first kappa shape index (κ1) is 18.2. The molecule has 2 aromatic carbocycles. The highest BCUT2D eigenvalue weighted by Crippen LogP contribution is 2.28. The van der Waals surface area contributed by atoms with Gasteiger partial charge in [0.25, 0.3) is 5.91 Å². The number of nitrogens with one attached hydrogen (secondary N) is 2. The van der Waals surface area contributed by atoms with Gasteiger partial charge < -0.3 is 10.6 Å². The summed E-state index contributed by atoms with van der Waals surface area (Å²) in [6.45, 7) is 1.98. The Bertz CT molecular complexity index is 779. The smallest absolute Gasteiger partial charge is 0.255 e. The topological polar surface area (TPSA) is 58.2 Å². The van der Waals surface area contributed by atoms with E-state index in [1.165, 1.54) is 25.7 Å².